The zero-order chi connectivity index (χ0) is 21.1. The summed E-state index contributed by atoms with van der Waals surface area (Å²) in [6, 6.07) is 0. The number of carbonyl (C=O) groups is 1. The average molecular weight is 415 g/mol. The van der Waals surface area contributed by atoms with Crippen LogP contribution in [0.25, 0.3) is 0 Å². The summed E-state index contributed by atoms with van der Waals surface area (Å²) in [5.74, 6) is 3.52. The van der Waals surface area contributed by atoms with E-state index < -0.39 is 0 Å². The van der Waals surface area contributed by atoms with E-state index in [-0.39, 0.29) is 23.4 Å². The van der Waals surface area contributed by atoms with Crippen LogP contribution >= 0.6 is 0 Å². The summed E-state index contributed by atoms with van der Waals surface area (Å²) in [6.45, 7) is 7.73. The third-order valence-electron chi connectivity index (χ3n) is 10.4. The van der Waals surface area contributed by atoms with E-state index in [0.717, 1.165) is 38.5 Å². The molecular formula is C27H42O3. The summed E-state index contributed by atoms with van der Waals surface area (Å²) < 4.78 is 5.95. The molecule has 0 radical (unpaired) electrons. The van der Waals surface area contributed by atoms with Crippen LogP contribution in [0.4, 0.5) is 0 Å². The van der Waals surface area contributed by atoms with Gasteiger partial charge in [-0.25, -0.2) is 0 Å². The molecule has 1 aliphatic heterocycles. The second-order valence-electron chi connectivity index (χ2n) is 12.2. The van der Waals surface area contributed by atoms with Crippen molar-refractivity contribution in [3.05, 3.63) is 11.6 Å². The summed E-state index contributed by atoms with van der Waals surface area (Å²) in [6.07, 6.45) is 15.2. The summed E-state index contributed by atoms with van der Waals surface area (Å²) in [4.78, 5) is 12.8. The minimum Gasteiger partial charge on any atom is -0.465 e. The lowest BCUT2D eigenvalue weighted by Gasteiger charge is -2.58. The van der Waals surface area contributed by atoms with E-state index >= 15 is 0 Å². The largest absolute Gasteiger partial charge is 0.465 e. The molecule has 1 saturated heterocycles. The van der Waals surface area contributed by atoms with Gasteiger partial charge in [0.05, 0.1) is 18.6 Å². The fourth-order valence-electron chi connectivity index (χ4n) is 8.79. The third-order valence-corrected chi connectivity index (χ3v) is 10.4. The maximum atomic E-state index is 12.8. The molecule has 0 aromatic heterocycles. The van der Waals surface area contributed by atoms with Crippen LogP contribution in [-0.2, 0) is 9.53 Å². The Kier molecular flexibility index (Phi) is 5.36. The van der Waals surface area contributed by atoms with Gasteiger partial charge in [0.25, 0.3) is 0 Å². The van der Waals surface area contributed by atoms with Crippen LogP contribution in [0, 0.1) is 46.3 Å². The van der Waals surface area contributed by atoms with E-state index in [4.69, 9.17) is 4.74 Å². The van der Waals surface area contributed by atoms with Crippen molar-refractivity contribution in [3.63, 3.8) is 0 Å². The SMILES string of the molecule is CC(C)CCCC1C(=O)OCC23CC=C4C(CCC5CC(O)CCC45C)C2CCC13. The first-order chi connectivity index (χ1) is 14.3. The van der Waals surface area contributed by atoms with Gasteiger partial charge in [0.2, 0.25) is 0 Å². The molecule has 1 N–H and O–H groups in total. The Balaban J connectivity index is 1.40. The van der Waals surface area contributed by atoms with Crippen LogP contribution in [0.3, 0.4) is 0 Å². The highest BCUT2D eigenvalue weighted by molar-refractivity contribution is 5.74. The van der Waals surface area contributed by atoms with Crippen LogP contribution in [0.5, 0.6) is 0 Å². The fraction of sp³-hybridized carbons (Fsp3) is 0.889. The summed E-state index contributed by atoms with van der Waals surface area (Å²) >= 11 is 0. The molecule has 3 nitrogen and oxygen atoms in total. The lowest BCUT2D eigenvalue weighted by atomic mass is 9.48. The van der Waals surface area contributed by atoms with Crippen molar-refractivity contribution in [1.29, 1.82) is 0 Å². The Labute approximate surface area is 183 Å². The molecule has 3 saturated carbocycles. The quantitative estimate of drug-likeness (QED) is 0.460. The molecule has 4 fully saturated rings. The molecule has 0 aromatic carbocycles. The van der Waals surface area contributed by atoms with Gasteiger partial charge in [0.15, 0.2) is 0 Å². The van der Waals surface area contributed by atoms with E-state index in [0.29, 0.717) is 41.6 Å². The average Bonchev–Trinajstić information content (AvgIpc) is 3.10. The van der Waals surface area contributed by atoms with Crippen LogP contribution in [-0.4, -0.2) is 23.8 Å². The second-order valence-corrected chi connectivity index (χ2v) is 12.2. The van der Waals surface area contributed by atoms with Crippen molar-refractivity contribution in [2.45, 2.75) is 97.5 Å². The van der Waals surface area contributed by atoms with Crippen LogP contribution < -0.4 is 0 Å². The minimum absolute atomic E-state index is 0.0876. The Morgan fingerprint density at radius 3 is 2.77 bits per heavy atom. The summed E-state index contributed by atoms with van der Waals surface area (Å²) in [5.41, 5.74) is 2.24. The van der Waals surface area contributed by atoms with Crippen LogP contribution in [0.2, 0.25) is 0 Å². The Hall–Kier alpha value is -0.830. The number of esters is 1. The van der Waals surface area contributed by atoms with Crippen molar-refractivity contribution < 1.29 is 14.6 Å². The molecule has 8 unspecified atom stereocenters. The van der Waals surface area contributed by atoms with Gasteiger partial charge in [-0.05, 0) is 92.8 Å². The number of aliphatic hydroxyl groups excluding tert-OH is 1. The number of hydrogen-bond acceptors (Lipinski definition) is 3. The number of hydrogen-bond donors (Lipinski definition) is 1. The van der Waals surface area contributed by atoms with Gasteiger partial charge >= 0.3 is 5.97 Å². The van der Waals surface area contributed by atoms with Gasteiger partial charge in [0, 0.05) is 5.41 Å². The highest BCUT2D eigenvalue weighted by Crippen LogP contribution is 2.67. The maximum absolute atomic E-state index is 12.8. The first kappa shape index (κ1) is 21.0. The lowest BCUT2D eigenvalue weighted by molar-refractivity contribution is -0.174. The monoisotopic (exact) mass is 414 g/mol. The smallest absolute Gasteiger partial charge is 0.309 e. The molecule has 4 aliphatic carbocycles. The predicted octanol–water partition coefficient (Wildman–Crippen LogP) is 5.91. The van der Waals surface area contributed by atoms with Gasteiger partial charge in [-0.1, -0.05) is 45.3 Å². The zero-order valence-corrected chi connectivity index (χ0v) is 19.4. The third kappa shape index (κ3) is 3.12. The number of fused-ring (bicyclic) bond motifs is 4. The second kappa shape index (κ2) is 7.64. The van der Waals surface area contributed by atoms with E-state index in [2.05, 4.69) is 26.8 Å². The normalized spacial score (nSPS) is 47.6. The lowest BCUT2D eigenvalue weighted by Crippen LogP contribution is -2.54. The molecule has 0 amide bonds. The molecule has 5 aliphatic rings. The molecular weight excluding hydrogens is 372 g/mol. The molecule has 0 aromatic rings. The van der Waals surface area contributed by atoms with E-state index in [1.165, 1.54) is 32.1 Å². The molecule has 30 heavy (non-hydrogen) atoms. The number of allylic oxidation sites excluding steroid dienone is 2. The van der Waals surface area contributed by atoms with E-state index in [1.54, 1.807) is 5.57 Å². The first-order valence-electron chi connectivity index (χ1n) is 12.9. The molecule has 5 rings (SSSR count). The van der Waals surface area contributed by atoms with Gasteiger partial charge in [-0.2, -0.15) is 0 Å². The van der Waals surface area contributed by atoms with Crippen LogP contribution in [0.15, 0.2) is 11.6 Å². The Morgan fingerprint density at radius 2 is 1.97 bits per heavy atom. The number of rotatable bonds is 4. The topological polar surface area (TPSA) is 46.5 Å². The number of cyclic esters (lactones) is 1. The van der Waals surface area contributed by atoms with Gasteiger partial charge in [0.1, 0.15) is 0 Å². The van der Waals surface area contributed by atoms with Crippen LogP contribution in [0.1, 0.15) is 91.4 Å². The fourth-order valence-corrected chi connectivity index (χ4v) is 8.79. The Bertz CT molecular complexity index is 711. The van der Waals surface area contributed by atoms with Crippen molar-refractivity contribution in [2.24, 2.45) is 46.3 Å². The van der Waals surface area contributed by atoms with Crippen molar-refractivity contribution in [3.8, 4) is 0 Å². The number of carbonyl (C=O) groups excluding carboxylic acids is 1. The molecule has 168 valence electrons. The molecule has 1 spiro atoms. The van der Waals surface area contributed by atoms with Crippen molar-refractivity contribution in [2.75, 3.05) is 6.61 Å². The molecule has 1 heterocycles. The zero-order valence-electron chi connectivity index (χ0n) is 19.4. The van der Waals surface area contributed by atoms with E-state index in [1.807, 2.05) is 0 Å². The summed E-state index contributed by atoms with van der Waals surface area (Å²) in [5, 5.41) is 10.3. The Morgan fingerprint density at radius 1 is 1.17 bits per heavy atom. The highest BCUT2D eigenvalue weighted by Gasteiger charge is 2.62. The predicted molar refractivity (Wildman–Crippen MR) is 119 cm³/mol. The van der Waals surface area contributed by atoms with Gasteiger partial charge in [-0.15, -0.1) is 0 Å². The highest BCUT2D eigenvalue weighted by atomic mass is 16.5. The maximum Gasteiger partial charge on any atom is 0.309 e. The standard InChI is InChI=1S/C27H42O3/c1-17(2)5-4-6-21-24-10-9-23-20-8-7-18-15-19(28)11-13-26(18,3)22(20)12-14-27(23,24)16-30-25(21)29/h12,17-21,23-24,28H,4-11,13-16H2,1-3H3. The van der Waals surface area contributed by atoms with Gasteiger partial charge < -0.3 is 9.84 Å². The van der Waals surface area contributed by atoms with Gasteiger partial charge in [-0.3, -0.25) is 4.79 Å². The number of aliphatic hydroxyl groups is 1. The number of ether oxygens (including phenoxy) is 1. The molecule has 8 atom stereocenters. The van der Waals surface area contributed by atoms with E-state index in [9.17, 15) is 9.90 Å². The minimum atomic E-state index is -0.0876. The molecule has 0 bridgehead atoms. The first-order valence-corrected chi connectivity index (χ1v) is 12.9. The summed E-state index contributed by atoms with van der Waals surface area (Å²) in [7, 11) is 0. The van der Waals surface area contributed by atoms with Crippen molar-refractivity contribution in [1.82, 2.24) is 0 Å². The van der Waals surface area contributed by atoms with Crippen molar-refractivity contribution >= 4 is 5.97 Å². The molecule has 3 heteroatoms.